The topological polar surface area (TPSA) is 134 Å². The minimum absolute atomic E-state index is 0.0693. The standard InChI is InChI=1S/C17H13N5O3S/c1-7-2-3-8-5-9-12(18)13(26-16(9)21-10(8)4-7)15(24)20-11-6-19-17(25)22-14(11)23/h2-6H,18H2,1H3,(H,20,24)(H2,19,22,23,25). The van der Waals surface area contributed by atoms with E-state index in [0.29, 0.717) is 15.9 Å². The Kier molecular flexibility index (Phi) is 3.58. The van der Waals surface area contributed by atoms with Crippen molar-refractivity contribution in [2.75, 3.05) is 11.1 Å². The number of amides is 1. The van der Waals surface area contributed by atoms with E-state index in [1.54, 1.807) is 0 Å². The van der Waals surface area contributed by atoms with Gasteiger partial charge in [0.25, 0.3) is 11.5 Å². The Bertz CT molecular complexity index is 1300. The molecule has 9 heteroatoms. The van der Waals surface area contributed by atoms with E-state index in [2.05, 4.69) is 15.3 Å². The molecule has 0 spiro atoms. The van der Waals surface area contributed by atoms with E-state index >= 15 is 0 Å². The van der Waals surface area contributed by atoms with Gasteiger partial charge in [-0.3, -0.25) is 14.6 Å². The Balaban J connectivity index is 1.79. The summed E-state index contributed by atoms with van der Waals surface area (Å²) >= 11 is 1.15. The lowest BCUT2D eigenvalue weighted by Crippen LogP contribution is -2.26. The van der Waals surface area contributed by atoms with Crippen molar-refractivity contribution in [1.29, 1.82) is 0 Å². The molecule has 1 amide bonds. The fourth-order valence-corrected chi connectivity index (χ4v) is 3.63. The van der Waals surface area contributed by atoms with Crippen LogP contribution in [0.25, 0.3) is 21.1 Å². The van der Waals surface area contributed by atoms with Crippen molar-refractivity contribution in [2.45, 2.75) is 6.92 Å². The van der Waals surface area contributed by atoms with Crippen molar-refractivity contribution in [3.8, 4) is 0 Å². The van der Waals surface area contributed by atoms with Crippen LogP contribution in [0.2, 0.25) is 0 Å². The lowest BCUT2D eigenvalue weighted by atomic mass is 10.1. The number of hydrogen-bond acceptors (Lipinski definition) is 6. The molecule has 0 atom stereocenters. The molecular formula is C17H13N5O3S. The van der Waals surface area contributed by atoms with Crippen LogP contribution in [0.5, 0.6) is 0 Å². The highest BCUT2D eigenvalue weighted by atomic mass is 32.1. The van der Waals surface area contributed by atoms with Crippen molar-refractivity contribution in [1.82, 2.24) is 15.0 Å². The number of nitrogens with zero attached hydrogens (tertiary/aromatic N) is 1. The van der Waals surface area contributed by atoms with Crippen molar-refractivity contribution in [2.24, 2.45) is 0 Å². The van der Waals surface area contributed by atoms with E-state index in [-0.39, 0.29) is 10.6 Å². The van der Waals surface area contributed by atoms with Gasteiger partial charge in [0, 0.05) is 17.0 Å². The van der Waals surface area contributed by atoms with Crippen LogP contribution in [0.15, 0.2) is 40.1 Å². The molecule has 8 nitrogen and oxygen atoms in total. The second kappa shape index (κ2) is 5.81. The summed E-state index contributed by atoms with van der Waals surface area (Å²) in [6, 6.07) is 7.79. The monoisotopic (exact) mass is 367 g/mol. The highest BCUT2D eigenvalue weighted by Gasteiger charge is 2.19. The molecule has 0 fully saturated rings. The van der Waals surface area contributed by atoms with Crippen LogP contribution in [-0.4, -0.2) is 20.9 Å². The van der Waals surface area contributed by atoms with Crippen LogP contribution < -0.4 is 22.3 Å². The molecule has 0 unspecified atom stereocenters. The summed E-state index contributed by atoms with van der Waals surface area (Å²) in [5.74, 6) is -0.539. The Morgan fingerprint density at radius 1 is 1.27 bits per heavy atom. The predicted octanol–water partition coefficient (Wildman–Crippen LogP) is 1.97. The van der Waals surface area contributed by atoms with E-state index in [4.69, 9.17) is 5.73 Å². The number of rotatable bonds is 2. The first-order valence-corrected chi connectivity index (χ1v) is 8.47. The maximum atomic E-state index is 12.5. The zero-order valence-corrected chi connectivity index (χ0v) is 14.4. The molecule has 5 N–H and O–H groups in total. The maximum absolute atomic E-state index is 12.5. The Labute approximate surface area is 149 Å². The van der Waals surface area contributed by atoms with Crippen molar-refractivity contribution in [3.05, 3.63) is 61.7 Å². The van der Waals surface area contributed by atoms with Gasteiger partial charge in [-0.1, -0.05) is 12.1 Å². The van der Waals surface area contributed by atoms with Crippen LogP contribution in [-0.2, 0) is 0 Å². The summed E-state index contributed by atoms with van der Waals surface area (Å²) in [6.45, 7) is 1.98. The van der Waals surface area contributed by atoms with E-state index in [1.165, 1.54) is 0 Å². The van der Waals surface area contributed by atoms with Gasteiger partial charge in [-0.2, -0.15) is 0 Å². The van der Waals surface area contributed by atoms with Crippen LogP contribution in [0.1, 0.15) is 15.2 Å². The maximum Gasteiger partial charge on any atom is 0.325 e. The van der Waals surface area contributed by atoms with Gasteiger partial charge in [-0.05, 0) is 24.6 Å². The third-order valence-electron chi connectivity index (χ3n) is 3.95. The number of fused-ring (bicyclic) bond motifs is 2. The molecule has 4 aromatic rings. The number of carbonyl (C=O) groups is 1. The Morgan fingerprint density at radius 2 is 2.08 bits per heavy atom. The summed E-state index contributed by atoms with van der Waals surface area (Å²) in [5.41, 5.74) is 6.94. The average Bonchev–Trinajstić information content (AvgIpc) is 2.91. The molecule has 0 saturated carbocycles. The quantitative estimate of drug-likeness (QED) is 0.430. The van der Waals surface area contributed by atoms with Gasteiger partial charge in [0.05, 0.1) is 11.2 Å². The molecule has 1 aromatic carbocycles. The molecule has 0 aliphatic heterocycles. The first-order valence-electron chi connectivity index (χ1n) is 7.65. The number of hydrogen-bond donors (Lipinski definition) is 4. The molecule has 3 heterocycles. The first-order chi connectivity index (χ1) is 12.4. The Hall–Kier alpha value is -3.46. The summed E-state index contributed by atoms with van der Waals surface area (Å²) in [4.78, 5) is 45.1. The molecule has 0 bridgehead atoms. The minimum Gasteiger partial charge on any atom is -0.397 e. The molecule has 0 saturated heterocycles. The molecule has 3 aromatic heterocycles. The molecule has 26 heavy (non-hydrogen) atoms. The van der Waals surface area contributed by atoms with Gasteiger partial charge in [0.2, 0.25) is 0 Å². The zero-order chi connectivity index (χ0) is 18.4. The zero-order valence-electron chi connectivity index (χ0n) is 13.5. The third kappa shape index (κ3) is 2.64. The summed E-state index contributed by atoms with van der Waals surface area (Å²) in [5, 5.41) is 4.07. The lowest BCUT2D eigenvalue weighted by molar-refractivity contribution is 0.103. The van der Waals surface area contributed by atoms with Gasteiger partial charge in [-0.25, -0.2) is 9.78 Å². The van der Waals surface area contributed by atoms with Gasteiger partial charge < -0.3 is 16.0 Å². The highest BCUT2D eigenvalue weighted by molar-refractivity contribution is 7.21. The fraction of sp³-hybridized carbons (Fsp3) is 0.0588. The highest BCUT2D eigenvalue weighted by Crippen LogP contribution is 2.34. The number of pyridine rings is 1. The van der Waals surface area contributed by atoms with Crippen molar-refractivity contribution in [3.63, 3.8) is 0 Å². The van der Waals surface area contributed by atoms with Crippen LogP contribution in [0.3, 0.4) is 0 Å². The molecular weight excluding hydrogens is 354 g/mol. The number of nitrogens with two attached hydrogens (primary N) is 1. The van der Waals surface area contributed by atoms with E-state index < -0.39 is 17.2 Å². The summed E-state index contributed by atoms with van der Waals surface area (Å²) in [6.07, 6.45) is 1.14. The van der Waals surface area contributed by atoms with Gasteiger partial charge in [-0.15, -0.1) is 11.3 Å². The van der Waals surface area contributed by atoms with Crippen molar-refractivity contribution < 1.29 is 4.79 Å². The molecule has 0 aliphatic rings. The number of nitrogens with one attached hydrogen (secondary N) is 3. The number of H-pyrrole nitrogens is 2. The second-order valence-corrected chi connectivity index (χ2v) is 6.82. The second-order valence-electron chi connectivity index (χ2n) is 5.82. The minimum atomic E-state index is -0.693. The van der Waals surface area contributed by atoms with Crippen molar-refractivity contribution >= 4 is 49.7 Å². The predicted molar refractivity (Wildman–Crippen MR) is 102 cm³/mol. The SMILES string of the molecule is Cc1ccc2cc3c(N)c(C(=O)Nc4c[nH]c(=O)[nH]c4=O)sc3nc2c1. The number of aromatic nitrogens is 3. The molecule has 0 radical (unpaired) electrons. The van der Waals surface area contributed by atoms with Gasteiger partial charge >= 0.3 is 5.69 Å². The summed E-state index contributed by atoms with van der Waals surface area (Å²) < 4.78 is 0. The van der Waals surface area contributed by atoms with E-state index in [9.17, 15) is 14.4 Å². The first kappa shape index (κ1) is 16.0. The van der Waals surface area contributed by atoms with E-state index in [0.717, 1.165) is 34.0 Å². The number of anilines is 2. The average molecular weight is 367 g/mol. The number of benzene rings is 1. The largest absolute Gasteiger partial charge is 0.397 e. The van der Waals surface area contributed by atoms with Crippen LogP contribution >= 0.6 is 11.3 Å². The van der Waals surface area contributed by atoms with E-state index in [1.807, 2.05) is 36.2 Å². The summed E-state index contributed by atoms with van der Waals surface area (Å²) in [7, 11) is 0. The third-order valence-corrected chi connectivity index (χ3v) is 5.06. The molecule has 0 aliphatic carbocycles. The normalized spacial score (nSPS) is 11.1. The van der Waals surface area contributed by atoms with Crippen LogP contribution in [0.4, 0.5) is 11.4 Å². The number of nitrogen functional groups attached to an aromatic ring is 1. The number of aromatic amines is 2. The smallest absolute Gasteiger partial charge is 0.325 e. The van der Waals surface area contributed by atoms with Gasteiger partial charge in [0.1, 0.15) is 15.4 Å². The number of carbonyl (C=O) groups excluding carboxylic acids is 1. The lowest BCUT2D eigenvalue weighted by Gasteiger charge is -2.02. The number of aryl methyl sites for hydroxylation is 1. The molecule has 130 valence electrons. The number of thiophene rings is 1. The fourth-order valence-electron chi connectivity index (χ4n) is 2.65. The van der Waals surface area contributed by atoms with Gasteiger partial charge in [0.15, 0.2) is 0 Å². The molecule has 4 rings (SSSR count). The Morgan fingerprint density at radius 3 is 2.85 bits per heavy atom. The van der Waals surface area contributed by atoms with Crippen LogP contribution in [0, 0.1) is 6.92 Å².